The molecule has 0 unspecified atom stereocenters. The fraction of sp³-hybridized carbons (Fsp3) is 0.643. The average Bonchev–Trinajstić information content (AvgIpc) is 2.40. The van der Waals surface area contributed by atoms with Crippen LogP contribution in [0.3, 0.4) is 0 Å². The molecule has 1 aromatic rings. The second-order valence-electron chi connectivity index (χ2n) is 5.18. The molecule has 0 aliphatic carbocycles. The number of ether oxygens (including phenoxy) is 2. The Bertz CT molecular complexity index is 375. The van der Waals surface area contributed by atoms with Gasteiger partial charge in [-0.25, -0.2) is 4.98 Å². The minimum absolute atomic E-state index is 0.188. The maximum atomic E-state index is 5.65. The topological polar surface area (TPSA) is 37.8 Å². The van der Waals surface area contributed by atoms with Gasteiger partial charge in [-0.15, -0.1) is 0 Å². The van der Waals surface area contributed by atoms with Gasteiger partial charge in [-0.2, -0.15) is 0 Å². The van der Waals surface area contributed by atoms with Crippen LogP contribution >= 0.6 is 0 Å². The summed E-state index contributed by atoms with van der Waals surface area (Å²) in [6.45, 7) is 3.88. The first-order valence-electron chi connectivity index (χ1n) is 6.65. The molecule has 1 aliphatic rings. The fourth-order valence-corrected chi connectivity index (χ4v) is 2.14. The first-order chi connectivity index (χ1) is 9.15. The van der Waals surface area contributed by atoms with Crippen molar-refractivity contribution in [1.29, 1.82) is 0 Å². The SMILES string of the molecule is CN(Cc1ccc(N(C)C)nc1)C[C@@H]1COCCO1. The molecule has 0 spiro atoms. The maximum absolute atomic E-state index is 5.65. The molecule has 2 heterocycles. The molecule has 106 valence electrons. The monoisotopic (exact) mass is 265 g/mol. The van der Waals surface area contributed by atoms with Crippen LogP contribution < -0.4 is 4.90 Å². The van der Waals surface area contributed by atoms with Crippen molar-refractivity contribution in [2.45, 2.75) is 12.6 Å². The van der Waals surface area contributed by atoms with Gasteiger partial charge >= 0.3 is 0 Å². The van der Waals surface area contributed by atoms with E-state index in [-0.39, 0.29) is 6.10 Å². The molecule has 0 radical (unpaired) electrons. The molecule has 0 amide bonds. The Balaban J connectivity index is 1.82. The van der Waals surface area contributed by atoms with Crippen molar-refractivity contribution in [3.8, 4) is 0 Å². The van der Waals surface area contributed by atoms with Crippen molar-refractivity contribution in [2.24, 2.45) is 0 Å². The quantitative estimate of drug-likeness (QED) is 0.794. The van der Waals surface area contributed by atoms with Crippen LogP contribution in [0, 0.1) is 0 Å². The van der Waals surface area contributed by atoms with E-state index >= 15 is 0 Å². The predicted molar refractivity (Wildman–Crippen MR) is 75.5 cm³/mol. The number of hydrogen-bond acceptors (Lipinski definition) is 5. The third-order valence-electron chi connectivity index (χ3n) is 3.12. The third-order valence-corrected chi connectivity index (χ3v) is 3.12. The van der Waals surface area contributed by atoms with Crippen molar-refractivity contribution in [1.82, 2.24) is 9.88 Å². The Morgan fingerprint density at radius 2 is 2.11 bits per heavy atom. The van der Waals surface area contributed by atoms with E-state index in [1.807, 2.05) is 31.3 Å². The average molecular weight is 265 g/mol. The van der Waals surface area contributed by atoms with Crippen LogP contribution in [0.1, 0.15) is 5.56 Å². The van der Waals surface area contributed by atoms with E-state index in [9.17, 15) is 0 Å². The van der Waals surface area contributed by atoms with E-state index in [4.69, 9.17) is 9.47 Å². The van der Waals surface area contributed by atoms with Crippen molar-refractivity contribution in [3.63, 3.8) is 0 Å². The molecule has 1 fully saturated rings. The van der Waals surface area contributed by atoms with E-state index in [1.165, 1.54) is 5.56 Å². The smallest absolute Gasteiger partial charge is 0.127 e. The molecule has 0 N–H and O–H groups in total. The van der Waals surface area contributed by atoms with Gasteiger partial charge < -0.3 is 14.4 Å². The number of anilines is 1. The van der Waals surface area contributed by atoms with Gasteiger partial charge in [0.15, 0.2) is 0 Å². The first kappa shape index (κ1) is 14.2. The Morgan fingerprint density at radius 3 is 2.68 bits per heavy atom. The van der Waals surface area contributed by atoms with Crippen molar-refractivity contribution < 1.29 is 9.47 Å². The van der Waals surface area contributed by atoms with Gasteiger partial charge in [0.2, 0.25) is 0 Å². The van der Waals surface area contributed by atoms with Crippen LogP contribution in [-0.4, -0.2) is 63.5 Å². The summed E-state index contributed by atoms with van der Waals surface area (Å²) in [6, 6.07) is 4.17. The van der Waals surface area contributed by atoms with E-state index in [1.54, 1.807) is 0 Å². The molecular weight excluding hydrogens is 242 g/mol. The molecule has 5 nitrogen and oxygen atoms in total. The lowest BCUT2D eigenvalue weighted by molar-refractivity contribution is -0.0962. The van der Waals surface area contributed by atoms with E-state index in [0.717, 1.165) is 25.5 Å². The molecular formula is C14H23N3O2. The lowest BCUT2D eigenvalue weighted by Crippen LogP contribution is -2.38. The highest BCUT2D eigenvalue weighted by molar-refractivity contribution is 5.37. The summed E-state index contributed by atoms with van der Waals surface area (Å²) < 4.78 is 11.1. The van der Waals surface area contributed by atoms with Gasteiger partial charge in [-0.3, -0.25) is 4.90 Å². The predicted octanol–water partition coefficient (Wildman–Crippen LogP) is 0.995. The molecule has 5 heteroatoms. The third kappa shape index (κ3) is 4.45. The fourth-order valence-electron chi connectivity index (χ4n) is 2.14. The zero-order valence-corrected chi connectivity index (χ0v) is 12.0. The Hall–Kier alpha value is -1.17. The molecule has 0 saturated carbocycles. The number of rotatable bonds is 5. The summed E-state index contributed by atoms with van der Waals surface area (Å²) in [5.41, 5.74) is 1.21. The number of hydrogen-bond donors (Lipinski definition) is 0. The van der Waals surface area contributed by atoms with Crippen molar-refractivity contribution >= 4 is 5.82 Å². The lowest BCUT2D eigenvalue weighted by Gasteiger charge is -2.27. The second kappa shape index (κ2) is 6.84. The summed E-state index contributed by atoms with van der Waals surface area (Å²) in [7, 11) is 6.08. The Kier molecular flexibility index (Phi) is 5.13. The second-order valence-corrected chi connectivity index (χ2v) is 5.18. The van der Waals surface area contributed by atoms with Crippen LogP contribution in [0.25, 0.3) is 0 Å². The molecule has 1 saturated heterocycles. The minimum Gasteiger partial charge on any atom is -0.376 e. The Morgan fingerprint density at radius 1 is 1.26 bits per heavy atom. The summed E-state index contributed by atoms with van der Waals surface area (Å²) in [5, 5.41) is 0. The van der Waals surface area contributed by atoms with E-state index in [2.05, 4.69) is 23.0 Å². The first-order valence-corrected chi connectivity index (χ1v) is 6.65. The van der Waals surface area contributed by atoms with Gasteiger partial charge in [0.05, 0.1) is 25.9 Å². The van der Waals surface area contributed by atoms with E-state index in [0.29, 0.717) is 13.2 Å². The van der Waals surface area contributed by atoms with Crippen LogP contribution in [-0.2, 0) is 16.0 Å². The zero-order valence-electron chi connectivity index (χ0n) is 12.0. The zero-order chi connectivity index (χ0) is 13.7. The molecule has 0 bridgehead atoms. The summed E-state index contributed by atoms with van der Waals surface area (Å²) >= 11 is 0. The van der Waals surface area contributed by atoms with Gasteiger partial charge in [-0.1, -0.05) is 6.07 Å². The van der Waals surface area contributed by atoms with Crippen LogP contribution in [0.4, 0.5) is 5.82 Å². The summed E-state index contributed by atoms with van der Waals surface area (Å²) in [4.78, 5) is 8.66. The maximum Gasteiger partial charge on any atom is 0.127 e. The van der Waals surface area contributed by atoms with Gasteiger partial charge in [0.25, 0.3) is 0 Å². The molecule has 2 rings (SSSR count). The normalized spacial score (nSPS) is 19.7. The largest absolute Gasteiger partial charge is 0.376 e. The number of pyridine rings is 1. The highest BCUT2D eigenvalue weighted by atomic mass is 16.6. The molecule has 1 atom stereocenters. The van der Waals surface area contributed by atoms with Crippen LogP contribution in [0.15, 0.2) is 18.3 Å². The minimum atomic E-state index is 0.188. The highest BCUT2D eigenvalue weighted by Crippen LogP contribution is 2.10. The van der Waals surface area contributed by atoms with Gasteiger partial charge in [0, 0.05) is 33.4 Å². The van der Waals surface area contributed by atoms with Crippen LogP contribution in [0.2, 0.25) is 0 Å². The van der Waals surface area contributed by atoms with Crippen molar-refractivity contribution in [3.05, 3.63) is 23.9 Å². The highest BCUT2D eigenvalue weighted by Gasteiger charge is 2.16. The number of likely N-dealkylation sites (N-methyl/N-ethyl adjacent to an activating group) is 1. The molecule has 0 aromatic carbocycles. The molecule has 1 aromatic heterocycles. The summed E-state index contributed by atoms with van der Waals surface area (Å²) in [6.07, 6.45) is 2.12. The number of aromatic nitrogens is 1. The van der Waals surface area contributed by atoms with Crippen molar-refractivity contribution in [2.75, 3.05) is 52.4 Å². The molecule has 1 aliphatic heterocycles. The molecule has 19 heavy (non-hydrogen) atoms. The Labute approximate surface area is 115 Å². The van der Waals surface area contributed by atoms with E-state index < -0.39 is 0 Å². The lowest BCUT2D eigenvalue weighted by atomic mass is 10.2. The van der Waals surface area contributed by atoms with Gasteiger partial charge in [-0.05, 0) is 18.7 Å². The van der Waals surface area contributed by atoms with Gasteiger partial charge in [0.1, 0.15) is 5.82 Å². The number of nitrogens with zero attached hydrogens (tertiary/aromatic N) is 3. The standard InChI is InChI=1S/C14H23N3O2/c1-16(2)14-5-4-12(8-15-14)9-17(3)10-13-11-18-6-7-19-13/h4-5,8,13H,6-7,9-11H2,1-3H3/t13-/m1/s1. The van der Waals surface area contributed by atoms with Crippen LogP contribution in [0.5, 0.6) is 0 Å². The summed E-state index contributed by atoms with van der Waals surface area (Å²) in [5.74, 6) is 0.982.